The number of ether oxygens (including phenoxy) is 1. The Morgan fingerprint density at radius 2 is 1.73 bits per heavy atom. The fourth-order valence-corrected chi connectivity index (χ4v) is 5.57. The number of anilines is 3. The molecular formula is C30H36ClFN6O2. The van der Waals surface area contributed by atoms with Crippen molar-refractivity contribution >= 4 is 34.8 Å². The molecule has 10 heteroatoms. The third kappa shape index (κ3) is 6.06. The van der Waals surface area contributed by atoms with Crippen molar-refractivity contribution in [2.24, 2.45) is 0 Å². The minimum absolute atomic E-state index is 0.260. The molecule has 1 N–H and O–H groups in total. The summed E-state index contributed by atoms with van der Waals surface area (Å²) in [6, 6.07) is 9.07. The molecule has 2 aliphatic heterocycles. The van der Waals surface area contributed by atoms with Gasteiger partial charge in [0, 0.05) is 72.4 Å². The summed E-state index contributed by atoms with van der Waals surface area (Å²) in [6.07, 6.45) is 4.02. The van der Waals surface area contributed by atoms with Gasteiger partial charge in [-0.05, 0) is 63.2 Å². The molecule has 5 rings (SSSR count). The monoisotopic (exact) mass is 566 g/mol. The van der Waals surface area contributed by atoms with Gasteiger partial charge in [0.25, 0.3) is 5.91 Å². The van der Waals surface area contributed by atoms with Crippen molar-refractivity contribution in [3.8, 4) is 11.1 Å². The summed E-state index contributed by atoms with van der Waals surface area (Å²) in [5, 5.41) is 3.57. The molecule has 0 bridgehead atoms. The van der Waals surface area contributed by atoms with Gasteiger partial charge in [0.05, 0.1) is 24.6 Å². The average Bonchev–Trinajstić information content (AvgIpc) is 2.96. The minimum Gasteiger partial charge on any atom is -0.378 e. The molecule has 3 aromatic rings. The van der Waals surface area contributed by atoms with Crippen molar-refractivity contribution in [3.63, 3.8) is 0 Å². The number of likely N-dealkylation sites (N-methyl/N-ethyl adjacent to an activating group) is 1. The highest BCUT2D eigenvalue weighted by molar-refractivity contribution is 6.31. The Morgan fingerprint density at radius 3 is 2.38 bits per heavy atom. The van der Waals surface area contributed by atoms with E-state index in [1.807, 2.05) is 24.0 Å². The van der Waals surface area contributed by atoms with E-state index in [9.17, 15) is 4.79 Å². The molecule has 2 fully saturated rings. The standard InChI is InChI=1S/C30H36ClFN6O2/c1-5-21-10-22(12-24(31)11-21)29(39)35-27-13-25(23-15-33-30(34-16-23)37-6-8-40-9-7-37)26(32)14-28(27)38-17-19(2)36(4)20(3)18-38/h10-16,19-20H,5-9,17-18H2,1-4H3,(H,35,39)/t19-,20+. The zero-order chi connectivity index (χ0) is 28.4. The fraction of sp³-hybridized carbons (Fsp3) is 0.433. The Balaban J connectivity index is 1.51. The van der Waals surface area contributed by atoms with Gasteiger partial charge in [0.15, 0.2) is 0 Å². The number of hydrogen-bond acceptors (Lipinski definition) is 7. The Kier molecular flexibility index (Phi) is 8.54. The number of rotatable bonds is 6. The Bertz CT molecular complexity index is 1350. The molecule has 0 unspecified atom stereocenters. The molecule has 0 spiro atoms. The van der Waals surface area contributed by atoms with E-state index in [0.717, 1.165) is 12.0 Å². The van der Waals surface area contributed by atoms with E-state index in [1.165, 1.54) is 6.07 Å². The van der Waals surface area contributed by atoms with Crippen molar-refractivity contribution in [1.29, 1.82) is 0 Å². The van der Waals surface area contributed by atoms with E-state index in [4.69, 9.17) is 16.3 Å². The van der Waals surface area contributed by atoms with Crippen LogP contribution in [0.4, 0.5) is 21.7 Å². The van der Waals surface area contributed by atoms with E-state index < -0.39 is 5.82 Å². The van der Waals surface area contributed by atoms with Crippen LogP contribution < -0.4 is 15.1 Å². The van der Waals surface area contributed by atoms with Gasteiger partial charge in [-0.15, -0.1) is 0 Å². The Morgan fingerprint density at radius 1 is 1.05 bits per heavy atom. The lowest BCUT2D eigenvalue weighted by Gasteiger charge is -2.44. The number of benzene rings is 2. The Hall–Kier alpha value is -3.27. The maximum atomic E-state index is 15.8. The van der Waals surface area contributed by atoms with Crippen LogP contribution in [-0.4, -0.2) is 79.3 Å². The molecule has 2 atom stereocenters. The van der Waals surface area contributed by atoms with E-state index >= 15 is 4.39 Å². The molecule has 0 aliphatic carbocycles. The molecule has 2 aliphatic rings. The molecule has 3 heterocycles. The first-order valence-electron chi connectivity index (χ1n) is 13.8. The van der Waals surface area contributed by atoms with E-state index in [1.54, 1.807) is 24.5 Å². The Labute approximate surface area is 240 Å². The van der Waals surface area contributed by atoms with Crippen LogP contribution in [0.25, 0.3) is 11.1 Å². The first kappa shape index (κ1) is 28.3. The van der Waals surface area contributed by atoms with Crippen molar-refractivity contribution < 1.29 is 13.9 Å². The van der Waals surface area contributed by atoms with Crippen LogP contribution in [0.3, 0.4) is 0 Å². The van der Waals surface area contributed by atoms with E-state index in [2.05, 4.69) is 46.0 Å². The number of hydrogen-bond donors (Lipinski definition) is 1. The second-order valence-corrected chi connectivity index (χ2v) is 11.1. The van der Waals surface area contributed by atoms with Crippen molar-refractivity contribution in [2.45, 2.75) is 39.3 Å². The van der Waals surface area contributed by atoms with Gasteiger partial charge in [0.2, 0.25) is 5.95 Å². The van der Waals surface area contributed by atoms with Crippen LogP contribution in [0, 0.1) is 5.82 Å². The number of amides is 1. The van der Waals surface area contributed by atoms with Crippen LogP contribution in [0.2, 0.25) is 5.02 Å². The summed E-state index contributed by atoms with van der Waals surface area (Å²) in [5.41, 5.74) is 3.46. The minimum atomic E-state index is -0.397. The number of aromatic nitrogens is 2. The van der Waals surface area contributed by atoms with Gasteiger partial charge in [0.1, 0.15) is 5.82 Å². The van der Waals surface area contributed by atoms with E-state index in [-0.39, 0.29) is 18.0 Å². The maximum Gasteiger partial charge on any atom is 0.255 e. The summed E-state index contributed by atoms with van der Waals surface area (Å²) >= 11 is 6.30. The normalized spacial score (nSPS) is 20.1. The van der Waals surface area contributed by atoms with Crippen molar-refractivity contribution in [3.05, 3.63) is 64.7 Å². The molecule has 2 aromatic carbocycles. The van der Waals surface area contributed by atoms with Gasteiger partial charge >= 0.3 is 0 Å². The molecule has 40 heavy (non-hydrogen) atoms. The van der Waals surface area contributed by atoms with E-state index in [0.29, 0.717) is 78.4 Å². The molecule has 8 nitrogen and oxygen atoms in total. The second-order valence-electron chi connectivity index (χ2n) is 10.6. The molecule has 1 amide bonds. The molecule has 212 valence electrons. The molecule has 2 saturated heterocycles. The smallest absolute Gasteiger partial charge is 0.255 e. The summed E-state index contributed by atoms with van der Waals surface area (Å²) < 4.78 is 21.2. The third-order valence-electron chi connectivity index (χ3n) is 7.91. The number of morpholine rings is 1. The van der Waals surface area contributed by atoms with Gasteiger partial charge in [-0.1, -0.05) is 18.5 Å². The number of halogens is 2. The van der Waals surface area contributed by atoms with Gasteiger partial charge in [-0.3, -0.25) is 9.69 Å². The fourth-order valence-electron chi connectivity index (χ4n) is 5.31. The highest BCUT2D eigenvalue weighted by Crippen LogP contribution is 2.36. The van der Waals surface area contributed by atoms with Gasteiger partial charge in [-0.25, -0.2) is 14.4 Å². The summed E-state index contributed by atoms with van der Waals surface area (Å²) in [4.78, 5) is 29.0. The molecule has 1 aromatic heterocycles. The zero-order valence-corrected chi connectivity index (χ0v) is 24.2. The highest BCUT2D eigenvalue weighted by Gasteiger charge is 2.29. The second kappa shape index (κ2) is 12.1. The number of carbonyl (C=O) groups is 1. The number of nitrogens with one attached hydrogen (secondary N) is 1. The average molecular weight is 567 g/mol. The van der Waals surface area contributed by atoms with Crippen LogP contribution in [-0.2, 0) is 11.2 Å². The molecule has 0 radical (unpaired) electrons. The van der Waals surface area contributed by atoms with Crippen molar-refractivity contribution in [1.82, 2.24) is 14.9 Å². The highest BCUT2D eigenvalue weighted by atomic mass is 35.5. The summed E-state index contributed by atoms with van der Waals surface area (Å²) in [7, 11) is 2.10. The summed E-state index contributed by atoms with van der Waals surface area (Å²) in [6.45, 7) is 10.4. The third-order valence-corrected chi connectivity index (χ3v) is 8.12. The van der Waals surface area contributed by atoms with Crippen molar-refractivity contribution in [2.75, 3.05) is 61.6 Å². The van der Waals surface area contributed by atoms with Gasteiger partial charge in [-0.2, -0.15) is 0 Å². The molecular weight excluding hydrogens is 531 g/mol. The lowest BCUT2D eigenvalue weighted by atomic mass is 10.0. The SMILES string of the molecule is CCc1cc(Cl)cc(C(=O)Nc2cc(-c3cnc(N4CCOCC4)nc3)c(F)cc2N2C[C@@H](C)N(C)[C@@H](C)C2)c1. The van der Waals surface area contributed by atoms with Crippen LogP contribution >= 0.6 is 11.6 Å². The quantitative estimate of drug-likeness (QED) is 0.444. The predicted octanol–water partition coefficient (Wildman–Crippen LogP) is 5.12. The lowest BCUT2D eigenvalue weighted by molar-refractivity contribution is 0.102. The number of carbonyl (C=O) groups excluding carboxylic acids is 1. The molecule has 0 saturated carbocycles. The number of piperazine rings is 1. The number of aryl methyl sites for hydroxylation is 1. The first-order valence-corrected chi connectivity index (χ1v) is 14.2. The van der Waals surface area contributed by atoms with Gasteiger partial charge < -0.3 is 19.9 Å². The topological polar surface area (TPSA) is 73.8 Å². The zero-order valence-electron chi connectivity index (χ0n) is 23.5. The lowest BCUT2D eigenvalue weighted by Crippen LogP contribution is -2.55. The first-order chi connectivity index (χ1) is 19.2. The maximum absolute atomic E-state index is 15.8. The number of nitrogens with zero attached hydrogens (tertiary/aromatic N) is 5. The predicted molar refractivity (Wildman–Crippen MR) is 158 cm³/mol. The van der Waals surface area contributed by atoms with Crippen LogP contribution in [0.15, 0.2) is 42.7 Å². The largest absolute Gasteiger partial charge is 0.378 e. The van der Waals surface area contributed by atoms with Crippen LogP contribution in [0.1, 0.15) is 36.7 Å². The van der Waals surface area contributed by atoms with Crippen LogP contribution in [0.5, 0.6) is 0 Å². The summed E-state index contributed by atoms with van der Waals surface area (Å²) in [5.74, 6) is -0.109.